The van der Waals surface area contributed by atoms with E-state index in [1.165, 1.54) is 17.7 Å². The predicted octanol–water partition coefficient (Wildman–Crippen LogP) is 5.01. The number of hydrogen-bond acceptors (Lipinski definition) is 2. The van der Waals surface area contributed by atoms with Gasteiger partial charge in [-0.3, -0.25) is 0 Å². The Labute approximate surface area is 122 Å². The molecule has 1 saturated heterocycles. The summed E-state index contributed by atoms with van der Waals surface area (Å²) in [7, 11) is 0. The van der Waals surface area contributed by atoms with Crippen LogP contribution in [0.4, 0.5) is 0 Å². The Hall–Kier alpha value is -0.470. The van der Waals surface area contributed by atoms with Crippen LogP contribution >= 0.6 is 11.8 Å². The minimum Gasteiger partial charge on any atom is -0.374 e. The SMILES string of the molecule is CC(C)CC[C@@]1(C)OC[C@H](C)[C@H]1Sc1ccccc1. The maximum absolute atomic E-state index is 6.17. The third-order valence-corrected chi connectivity index (χ3v) is 5.78. The highest BCUT2D eigenvalue weighted by molar-refractivity contribution is 8.00. The lowest BCUT2D eigenvalue weighted by molar-refractivity contribution is 0.0111. The summed E-state index contributed by atoms with van der Waals surface area (Å²) in [5.41, 5.74) is 0.0319. The van der Waals surface area contributed by atoms with Crippen molar-refractivity contribution in [1.29, 1.82) is 0 Å². The lowest BCUT2D eigenvalue weighted by Gasteiger charge is -2.32. The van der Waals surface area contributed by atoms with Crippen molar-refractivity contribution in [2.24, 2.45) is 11.8 Å². The summed E-state index contributed by atoms with van der Waals surface area (Å²) in [6, 6.07) is 10.7. The van der Waals surface area contributed by atoms with E-state index in [-0.39, 0.29) is 5.60 Å². The summed E-state index contributed by atoms with van der Waals surface area (Å²) >= 11 is 1.99. The Bertz CT molecular complexity index is 390. The number of thioether (sulfide) groups is 1. The molecular formula is C17H26OS. The Morgan fingerprint density at radius 2 is 2.00 bits per heavy atom. The largest absolute Gasteiger partial charge is 0.374 e. The molecule has 2 heteroatoms. The van der Waals surface area contributed by atoms with Gasteiger partial charge in [0.2, 0.25) is 0 Å². The standard InChI is InChI=1S/C17H26OS/c1-13(2)10-11-17(4)16(14(3)12-18-17)19-15-8-6-5-7-9-15/h5-9,13-14,16H,10-12H2,1-4H3/t14-,16+,17+/m0/s1. The number of rotatable bonds is 5. The maximum atomic E-state index is 6.17. The molecule has 3 atom stereocenters. The number of hydrogen-bond donors (Lipinski definition) is 0. The molecule has 1 fully saturated rings. The fraction of sp³-hybridized carbons (Fsp3) is 0.647. The van der Waals surface area contributed by atoms with E-state index in [0.29, 0.717) is 11.2 Å². The third kappa shape index (κ3) is 3.76. The van der Waals surface area contributed by atoms with Crippen LogP contribution in [0.5, 0.6) is 0 Å². The normalized spacial score (nSPS) is 31.0. The highest BCUT2D eigenvalue weighted by atomic mass is 32.2. The molecule has 1 heterocycles. The first-order valence-corrected chi connectivity index (χ1v) is 8.25. The van der Waals surface area contributed by atoms with Crippen molar-refractivity contribution in [3.63, 3.8) is 0 Å². The highest BCUT2D eigenvalue weighted by Gasteiger charge is 2.44. The van der Waals surface area contributed by atoms with Gasteiger partial charge in [-0.1, -0.05) is 39.0 Å². The van der Waals surface area contributed by atoms with Gasteiger partial charge in [0.25, 0.3) is 0 Å². The Morgan fingerprint density at radius 3 is 2.63 bits per heavy atom. The van der Waals surface area contributed by atoms with Crippen LogP contribution in [0.15, 0.2) is 35.2 Å². The molecule has 1 nitrogen and oxygen atoms in total. The van der Waals surface area contributed by atoms with Crippen molar-refractivity contribution in [2.45, 2.75) is 56.3 Å². The first-order valence-electron chi connectivity index (χ1n) is 7.37. The fourth-order valence-electron chi connectivity index (χ4n) is 2.77. The molecule has 0 aromatic heterocycles. The molecule has 0 unspecified atom stereocenters. The van der Waals surface area contributed by atoms with Gasteiger partial charge < -0.3 is 4.74 Å². The minimum absolute atomic E-state index is 0.0319. The van der Waals surface area contributed by atoms with Crippen LogP contribution in [-0.4, -0.2) is 17.5 Å². The second-order valence-corrected chi connectivity index (χ2v) is 7.60. The van der Waals surface area contributed by atoms with Crippen LogP contribution in [0, 0.1) is 11.8 Å². The molecular weight excluding hydrogens is 252 g/mol. The van der Waals surface area contributed by atoms with E-state index in [1.807, 2.05) is 11.8 Å². The summed E-state index contributed by atoms with van der Waals surface area (Å²) in [6.07, 6.45) is 2.41. The van der Waals surface area contributed by atoms with Crippen LogP contribution in [-0.2, 0) is 4.74 Å². The average molecular weight is 278 g/mol. The van der Waals surface area contributed by atoms with Crippen molar-refractivity contribution >= 4 is 11.8 Å². The van der Waals surface area contributed by atoms with Gasteiger partial charge in [0.15, 0.2) is 0 Å². The summed E-state index contributed by atoms with van der Waals surface area (Å²) in [5.74, 6) is 1.38. The van der Waals surface area contributed by atoms with E-state index in [1.54, 1.807) is 0 Å². The van der Waals surface area contributed by atoms with Crippen LogP contribution < -0.4 is 0 Å². The van der Waals surface area contributed by atoms with Crippen LogP contribution in [0.3, 0.4) is 0 Å². The molecule has 0 bridgehead atoms. The zero-order valence-corrected chi connectivity index (χ0v) is 13.4. The van der Waals surface area contributed by atoms with Gasteiger partial charge in [0.05, 0.1) is 12.2 Å². The zero-order chi connectivity index (χ0) is 13.9. The molecule has 2 rings (SSSR count). The highest BCUT2D eigenvalue weighted by Crippen LogP contribution is 2.44. The minimum atomic E-state index is 0.0319. The van der Waals surface area contributed by atoms with Crippen molar-refractivity contribution < 1.29 is 4.74 Å². The Balaban J connectivity index is 2.06. The van der Waals surface area contributed by atoms with Gasteiger partial charge in [-0.2, -0.15) is 0 Å². The summed E-state index contributed by atoms with van der Waals surface area (Å²) in [5, 5.41) is 0.564. The lowest BCUT2D eigenvalue weighted by atomic mass is 9.89. The quantitative estimate of drug-likeness (QED) is 0.749. The molecule has 0 aliphatic carbocycles. The summed E-state index contributed by atoms with van der Waals surface area (Å²) < 4.78 is 6.17. The van der Waals surface area contributed by atoms with Gasteiger partial charge in [-0.15, -0.1) is 11.8 Å². The van der Waals surface area contributed by atoms with E-state index in [9.17, 15) is 0 Å². The number of benzene rings is 1. The molecule has 19 heavy (non-hydrogen) atoms. The second-order valence-electron chi connectivity index (χ2n) is 6.38. The molecule has 0 amide bonds. The van der Waals surface area contributed by atoms with Crippen LogP contribution in [0.1, 0.15) is 40.5 Å². The molecule has 0 N–H and O–H groups in total. The summed E-state index contributed by atoms with van der Waals surface area (Å²) in [4.78, 5) is 1.36. The van der Waals surface area contributed by atoms with E-state index in [4.69, 9.17) is 4.74 Å². The second kappa shape index (κ2) is 6.32. The van der Waals surface area contributed by atoms with E-state index < -0.39 is 0 Å². The maximum Gasteiger partial charge on any atom is 0.0779 e. The van der Waals surface area contributed by atoms with Gasteiger partial charge >= 0.3 is 0 Å². The molecule has 0 radical (unpaired) electrons. The van der Waals surface area contributed by atoms with E-state index >= 15 is 0 Å². The molecule has 1 aromatic carbocycles. The molecule has 1 aliphatic rings. The molecule has 0 saturated carbocycles. The lowest BCUT2D eigenvalue weighted by Crippen LogP contribution is -2.36. The van der Waals surface area contributed by atoms with Crippen molar-refractivity contribution in [3.05, 3.63) is 30.3 Å². The summed E-state index contributed by atoms with van der Waals surface area (Å²) in [6.45, 7) is 10.1. The van der Waals surface area contributed by atoms with E-state index in [0.717, 1.165) is 12.5 Å². The molecule has 1 aliphatic heterocycles. The molecule has 0 spiro atoms. The fourth-order valence-corrected chi connectivity index (χ4v) is 4.12. The molecule has 106 valence electrons. The van der Waals surface area contributed by atoms with Gasteiger partial charge in [0.1, 0.15) is 0 Å². The molecule has 1 aromatic rings. The predicted molar refractivity (Wildman–Crippen MR) is 83.7 cm³/mol. The third-order valence-electron chi connectivity index (χ3n) is 4.02. The van der Waals surface area contributed by atoms with E-state index in [2.05, 4.69) is 58.0 Å². The Kier molecular flexibility index (Phi) is 4.97. The number of ether oxygens (including phenoxy) is 1. The monoisotopic (exact) mass is 278 g/mol. The van der Waals surface area contributed by atoms with Gasteiger partial charge in [-0.25, -0.2) is 0 Å². The average Bonchev–Trinajstić information content (AvgIpc) is 2.67. The van der Waals surface area contributed by atoms with Crippen LogP contribution in [0.25, 0.3) is 0 Å². The van der Waals surface area contributed by atoms with Crippen molar-refractivity contribution in [3.8, 4) is 0 Å². The van der Waals surface area contributed by atoms with Crippen molar-refractivity contribution in [2.75, 3.05) is 6.61 Å². The van der Waals surface area contributed by atoms with Gasteiger partial charge in [-0.05, 0) is 43.7 Å². The smallest absolute Gasteiger partial charge is 0.0779 e. The first-order chi connectivity index (χ1) is 9.01. The van der Waals surface area contributed by atoms with Crippen LogP contribution in [0.2, 0.25) is 0 Å². The zero-order valence-electron chi connectivity index (χ0n) is 12.6. The van der Waals surface area contributed by atoms with Gasteiger partial charge in [0, 0.05) is 10.1 Å². The topological polar surface area (TPSA) is 9.23 Å². The van der Waals surface area contributed by atoms with Crippen molar-refractivity contribution in [1.82, 2.24) is 0 Å². The Morgan fingerprint density at radius 1 is 1.32 bits per heavy atom. The first kappa shape index (κ1) is 14.9.